The molecular formula is C17H20N2O3. The fourth-order valence-electron chi connectivity index (χ4n) is 2.58. The molecule has 22 heavy (non-hydrogen) atoms. The Morgan fingerprint density at radius 2 is 1.86 bits per heavy atom. The Balaban J connectivity index is 2.27. The van der Waals surface area contributed by atoms with E-state index in [1.165, 1.54) is 0 Å². The number of aliphatic carboxylic acids is 1. The zero-order chi connectivity index (χ0) is 16.3. The van der Waals surface area contributed by atoms with Gasteiger partial charge in [0.2, 0.25) is 0 Å². The Morgan fingerprint density at radius 1 is 1.23 bits per heavy atom. The highest BCUT2D eigenvalue weighted by molar-refractivity contribution is 5.96. The summed E-state index contributed by atoms with van der Waals surface area (Å²) in [6.45, 7) is 5.51. The molecule has 0 saturated carbocycles. The van der Waals surface area contributed by atoms with Gasteiger partial charge in [0.15, 0.2) is 0 Å². The molecule has 0 bridgehead atoms. The van der Waals surface area contributed by atoms with Crippen molar-refractivity contribution >= 4 is 11.9 Å². The van der Waals surface area contributed by atoms with Crippen LogP contribution in [-0.4, -0.2) is 27.6 Å². The number of aromatic nitrogens is 1. The molecule has 2 N–H and O–H groups in total. The van der Waals surface area contributed by atoms with Crippen LogP contribution in [0.2, 0.25) is 0 Å². The van der Waals surface area contributed by atoms with Gasteiger partial charge < -0.3 is 15.0 Å². The lowest BCUT2D eigenvalue weighted by Crippen LogP contribution is -2.34. The molecular weight excluding hydrogens is 280 g/mol. The minimum absolute atomic E-state index is 0.0941. The van der Waals surface area contributed by atoms with E-state index >= 15 is 0 Å². The number of hydrogen-bond acceptors (Lipinski definition) is 2. The van der Waals surface area contributed by atoms with Crippen LogP contribution in [0.4, 0.5) is 0 Å². The second-order valence-corrected chi connectivity index (χ2v) is 5.43. The maximum Gasteiger partial charge on any atom is 0.305 e. The second-order valence-electron chi connectivity index (χ2n) is 5.43. The first-order chi connectivity index (χ1) is 10.4. The Morgan fingerprint density at radius 3 is 2.45 bits per heavy atom. The van der Waals surface area contributed by atoms with Crippen LogP contribution in [0.15, 0.2) is 36.4 Å². The maximum absolute atomic E-state index is 12.3. The minimum Gasteiger partial charge on any atom is -0.481 e. The van der Waals surface area contributed by atoms with Crippen LogP contribution in [0.1, 0.15) is 35.1 Å². The fourth-order valence-corrected chi connectivity index (χ4v) is 2.58. The van der Waals surface area contributed by atoms with Gasteiger partial charge in [-0.2, -0.15) is 0 Å². The molecule has 116 valence electrons. The summed E-state index contributed by atoms with van der Waals surface area (Å²) in [5.74, 6) is -1.17. The summed E-state index contributed by atoms with van der Waals surface area (Å²) in [4.78, 5) is 23.0. The summed E-state index contributed by atoms with van der Waals surface area (Å²) >= 11 is 0. The number of amides is 1. The Hall–Kier alpha value is -2.56. The van der Waals surface area contributed by atoms with Crippen LogP contribution in [0.25, 0.3) is 5.69 Å². The lowest BCUT2D eigenvalue weighted by atomic mass is 10.2. The second kappa shape index (κ2) is 6.47. The molecule has 0 spiro atoms. The zero-order valence-electron chi connectivity index (χ0n) is 13.0. The first-order valence-electron chi connectivity index (χ1n) is 7.17. The number of carboxylic acid groups (broad SMARTS) is 1. The molecule has 2 rings (SSSR count). The van der Waals surface area contributed by atoms with Gasteiger partial charge in [-0.3, -0.25) is 9.59 Å². The summed E-state index contributed by atoms with van der Waals surface area (Å²) in [7, 11) is 0. The molecule has 2 aromatic rings. The number of hydrogen-bond donors (Lipinski definition) is 2. The van der Waals surface area contributed by atoms with E-state index < -0.39 is 12.0 Å². The molecule has 1 aromatic carbocycles. The van der Waals surface area contributed by atoms with Gasteiger partial charge >= 0.3 is 5.97 Å². The third kappa shape index (κ3) is 3.36. The van der Waals surface area contributed by atoms with E-state index in [0.717, 1.165) is 17.1 Å². The van der Waals surface area contributed by atoms with Gasteiger partial charge in [-0.15, -0.1) is 0 Å². The van der Waals surface area contributed by atoms with Gasteiger partial charge in [-0.1, -0.05) is 18.2 Å². The van der Waals surface area contributed by atoms with Crippen molar-refractivity contribution < 1.29 is 14.7 Å². The summed E-state index contributed by atoms with van der Waals surface area (Å²) in [6, 6.07) is 11.2. The number of rotatable bonds is 5. The molecule has 0 aliphatic heterocycles. The van der Waals surface area contributed by atoms with Crippen molar-refractivity contribution in [3.8, 4) is 5.69 Å². The van der Waals surface area contributed by atoms with Gasteiger partial charge in [0.05, 0.1) is 12.0 Å². The molecule has 1 amide bonds. The normalized spacial score (nSPS) is 12.0. The van der Waals surface area contributed by atoms with Crippen molar-refractivity contribution in [3.05, 3.63) is 53.3 Å². The number of nitrogens with zero attached hydrogens (tertiary/aromatic N) is 1. The number of nitrogens with one attached hydrogen (secondary N) is 1. The third-order valence-corrected chi connectivity index (χ3v) is 3.55. The number of carbonyl (C=O) groups excluding carboxylic acids is 1. The first kappa shape index (κ1) is 15.8. The van der Waals surface area contributed by atoms with Crippen LogP contribution in [-0.2, 0) is 4.79 Å². The molecule has 5 nitrogen and oxygen atoms in total. The number of carbonyl (C=O) groups is 2. The van der Waals surface area contributed by atoms with Crippen molar-refractivity contribution in [1.82, 2.24) is 9.88 Å². The van der Waals surface area contributed by atoms with E-state index in [1.54, 1.807) is 6.92 Å². The lowest BCUT2D eigenvalue weighted by molar-refractivity contribution is -0.137. The smallest absolute Gasteiger partial charge is 0.305 e. The predicted molar refractivity (Wildman–Crippen MR) is 84.4 cm³/mol. The van der Waals surface area contributed by atoms with Crippen LogP contribution in [0.3, 0.4) is 0 Å². The van der Waals surface area contributed by atoms with Gasteiger partial charge in [-0.25, -0.2) is 0 Å². The van der Waals surface area contributed by atoms with Gasteiger partial charge in [0.25, 0.3) is 5.91 Å². The Bertz CT molecular complexity index is 689. The summed E-state index contributed by atoms with van der Waals surface area (Å²) < 4.78 is 2.01. The predicted octanol–water partition coefficient (Wildman–Crippen LogP) is 2.69. The first-order valence-corrected chi connectivity index (χ1v) is 7.17. The zero-order valence-corrected chi connectivity index (χ0v) is 13.0. The lowest BCUT2D eigenvalue weighted by Gasteiger charge is -2.12. The van der Waals surface area contributed by atoms with Crippen LogP contribution < -0.4 is 5.32 Å². The highest BCUT2D eigenvalue weighted by atomic mass is 16.4. The van der Waals surface area contributed by atoms with Crippen molar-refractivity contribution in [3.63, 3.8) is 0 Å². The van der Waals surface area contributed by atoms with E-state index in [2.05, 4.69) is 5.32 Å². The van der Waals surface area contributed by atoms with Gasteiger partial charge in [-0.05, 0) is 39.0 Å². The summed E-state index contributed by atoms with van der Waals surface area (Å²) in [5, 5.41) is 11.5. The average Bonchev–Trinajstić information content (AvgIpc) is 2.74. The average molecular weight is 300 g/mol. The molecule has 0 aliphatic rings. The molecule has 1 aromatic heterocycles. The SMILES string of the molecule is Cc1cc(C(=O)NC(C)CC(=O)O)c(C)n1-c1ccccc1. The monoisotopic (exact) mass is 300 g/mol. The van der Waals surface area contributed by atoms with Crippen LogP contribution in [0, 0.1) is 13.8 Å². The topological polar surface area (TPSA) is 71.3 Å². The quantitative estimate of drug-likeness (QED) is 0.892. The Labute approximate surface area is 129 Å². The third-order valence-electron chi connectivity index (χ3n) is 3.55. The molecule has 1 heterocycles. The fraction of sp³-hybridized carbons (Fsp3) is 0.294. The molecule has 0 fully saturated rings. The van der Waals surface area contributed by atoms with Crippen molar-refractivity contribution in [2.75, 3.05) is 0 Å². The van der Waals surface area contributed by atoms with E-state index in [-0.39, 0.29) is 12.3 Å². The summed E-state index contributed by atoms with van der Waals surface area (Å²) in [6.07, 6.45) is -0.0941. The maximum atomic E-state index is 12.3. The van der Waals surface area contributed by atoms with Crippen molar-refractivity contribution in [2.45, 2.75) is 33.2 Å². The molecule has 0 aliphatic carbocycles. The highest BCUT2D eigenvalue weighted by Gasteiger charge is 2.18. The summed E-state index contributed by atoms with van der Waals surface area (Å²) in [5.41, 5.74) is 3.36. The number of aryl methyl sites for hydroxylation is 1. The van der Waals surface area contributed by atoms with E-state index in [0.29, 0.717) is 5.56 Å². The number of para-hydroxylation sites is 1. The van der Waals surface area contributed by atoms with Crippen molar-refractivity contribution in [1.29, 1.82) is 0 Å². The highest BCUT2D eigenvalue weighted by Crippen LogP contribution is 2.20. The van der Waals surface area contributed by atoms with E-state index in [9.17, 15) is 9.59 Å². The molecule has 0 radical (unpaired) electrons. The molecule has 1 atom stereocenters. The van der Waals surface area contributed by atoms with Crippen molar-refractivity contribution in [2.24, 2.45) is 0 Å². The van der Waals surface area contributed by atoms with Crippen LogP contribution >= 0.6 is 0 Å². The van der Waals surface area contributed by atoms with Gasteiger partial charge in [0, 0.05) is 23.1 Å². The van der Waals surface area contributed by atoms with E-state index in [4.69, 9.17) is 5.11 Å². The number of benzene rings is 1. The van der Waals surface area contributed by atoms with Gasteiger partial charge in [0.1, 0.15) is 0 Å². The number of carboxylic acids is 1. The molecule has 5 heteroatoms. The van der Waals surface area contributed by atoms with E-state index in [1.807, 2.05) is 54.8 Å². The Kier molecular flexibility index (Phi) is 4.65. The van der Waals surface area contributed by atoms with Crippen LogP contribution in [0.5, 0.6) is 0 Å². The molecule has 1 unspecified atom stereocenters. The largest absolute Gasteiger partial charge is 0.481 e. The minimum atomic E-state index is -0.928. The standard InChI is InChI=1S/C17H20N2O3/c1-11(9-16(20)21)18-17(22)15-10-12(2)19(13(15)3)14-7-5-4-6-8-14/h4-8,10-11H,9H2,1-3H3,(H,18,22)(H,20,21). The molecule has 0 saturated heterocycles.